The fourth-order valence-electron chi connectivity index (χ4n) is 1.52. The average Bonchev–Trinajstić information content (AvgIpc) is 2.25. The zero-order valence-corrected chi connectivity index (χ0v) is 10.7. The molecule has 0 unspecified atom stereocenters. The second kappa shape index (κ2) is 6.85. The van der Waals surface area contributed by atoms with Crippen LogP contribution in [0.5, 0.6) is 0 Å². The molecule has 0 fully saturated rings. The Labute approximate surface area is 104 Å². The number of aliphatic hydroxyl groups excluding tert-OH is 2. The second-order valence-electron chi connectivity index (χ2n) is 3.54. The molecule has 4 N–H and O–H groups in total. The highest BCUT2D eigenvalue weighted by Gasteiger charge is 2.08. The Hall–Kier alpha value is -0.620. The summed E-state index contributed by atoms with van der Waals surface area (Å²) in [6.07, 6.45) is 0. The molecule has 0 radical (unpaired) electrons. The molecule has 0 saturated carbocycles. The van der Waals surface area contributed by atoms with Crippen LogP contribution in [0.1, 0.15) is 5.56 Å². The maximum absolute atomic E-state index is 8.91. The molecule has 0 amide bonds. The van der Waals surface area contributed by atoms with E-state index in [1.165, 1.54) is 0 Å². The summed E-state index contributed by atoms with van der Waals surface area (Å²) in [5, 5.41) is 17.8. The van der Waals surface area contributed by atoms with Gasteiger partial charge in [-0.2, -0.15) is 0 Å². The first-order chi connectivity index (χ1) is 7.69. The molecular weight excluding hydrogens is 272 g/mol. The molecule has 5 heteroatoms. The Balaban J connectivity index is 2.72. The molecule has 0 bridgehead atoms. The molecule has 1 rings (SSSR count). The van der Waals surface area contributed by atoms with Crippen LogP contribution < -0.4 is 5.73 Å². The van der Waals surface area contributed by atoms with Gasteiger partial charge in [0.1, 0.15) is 0 Å². The predicted octanol–water partition coefficient (Wildman–Crippen LogP) is 0.818. The Bertz CT molecular complexity index is 328. The van der Waals surface area contributed by atoms with Gasteiger partial charge in [0.25, 0.3) is 0 Å². The van der Waals surface area contributed by atoms with E-state index in [1.54, 1.807) is 0 Å². The van der Waals surface area contributed by atoms with Crippen LogP contribution in [0.25, 0.3) is 0 Å². The standard InChI is InChI=1S/C11H17BrN2O2/c12-11-9(2-1-3-10(11)13)8-14(4-6-15)5-7-16/h1-3,15-16H,4-8,13H2. The van der Waals surface area contributed by atoms with E-state index in [1.807, 2.05) is 23.1 Å². The number of nitrogens with two attached hydrogens (primary N) is 1. The van der Waals surface area contributed by atoms with Crippen molar-refractivity contribution in [2.75, 3.05) is 32.0 Å². The van der Waals surface area contributed by atoms with Crippen LogP contribution >= 0.6 is 15.9 Å². The van der Waals surface area contributed by atoms with Gasteiger partial charge in [0.05, 0.1) is 13.2 Å². The number of nitrogen functional groups attached to an aromatic ring is 1. The Morgan fingerprint density at radius 2 is 1.81 bits per heavy atom. The first-order valence-electron chi connectivity index (χ1n) is 5.16. The van der Waals surface area contributed by atoms with Crippen LogP contribution in [0.3, 0.4) is 0 Å². The van der Waals surface area contributed by atoms with Crippen molar-refractivity contribution in [1.82, 2.24) is 4.90 Å². The summed E-state index contributed by atoms with van der Waals surface area (Å²) in [6.45, 7) is 1.91. The topological polar surface area (TPSA) is 69.7 Å². The second-order valence-corrected chi connectivity index (χ2v) is 4.34. The minimum atomic E-state index is 0.0833. The lowest BCUT2D eigenvalue weighted by Gasteiger charge is -2.21. The van der Waals surface area contributed by atoms with Crippen molar-refractivity contribution in [2.24, 2.45) is 0 Å². The van der Waals surface area contributed by atoms with Gasteiger partial charge in [-0.1, -0.05) is 12.1 Å². The molecule has 0 atom stereocenters. The number of benzene rings is 1. The summed E-state index contributed by atoms with van der Waals surface area (Å²) >= 11 is 3.43. The van der Waals surface area contributed by atoms with Crippen LogP contribution in [-0.4, -0.2) is 41.4 Å². The van der Waals surface area contributed by atoms with E-state index in [0.29, 0.717) is 25.3 Å². The van der Waals surface area contributed by atoms with Gasteiger partial charge in [-0.15, -0.1) is 0 Å². The van der Waals surface area contributed by atoms with Crippen molar-refractivity contribution in [3.8, 4) is 0 Å². The average molecular weight is 289 g/mol. The van der Waals surface area contributed by atoms with Crippen LogP contribution in [0, 0.1) is 0 Å². The summed E-state index contributed by atoms with van der Waals surface area (Å²) < 4.78 is 0.885. The first kappa shape index (κ1) is 13.4. The molecule has 0 spiro atoms. The molecular formula is C11H17BrN2O2. The molecule has 0 aliphatic rings. The van der Waals surface area contributed by atoms with Crippen LogP contribution in [-0.2, 0) is 6.54 Å². The van der Waals surface area contributed by atoms with Crippen molar-refractivity contribution in [2.45, 2.75) is 6.54 Å². The van der Waals surface area contributed by atoms with E-state index in [0.717, 1.165) is 10.0 Å². The highest BCUT2D eigenvalue weighted by Crippen LogP contribution is 2.24. The number of rotatable bonds is 6. The van der Waals surface area contributed by atoms with Gasteiger partial charge in [0.2, 0.25) is 0 Å². The number of halogens is 1. The largest absolute Gasteiger partial charge is 0.398 e. The van der Waals surface area contributed by atoms with Crippen LogP contribution in [0.15, 0.2) is 22.7 Å². The number of hydrogen-bond acceptors (Lipinski definition) is 4. The number of nitrogens with zero attached hydrogens (tertiary/aromatic N) is 1. The van der Waals surface area contributed by atoms with E-state index >= 15 is 0 Å². The van der Waals surface area contributed by atoms with Gasteiger partial charge >= 0.3 is 0 Å². The lowest BCUT2D eigenvalue weighted by atomic mass is 10.2. The molecule has 0 saturated heterocycles. The summed E-state index contributed by atoms with van der Waals surface area (Å²) in [7, 11) is 0. The van der Waals surface area contributed by atoms with Crippen molar-refractivity contribution < 1.29 is 10.2 Å². The first-order valence-corrected chi connectivity index (χ1v) is 5.95. The molecule has 4 nitrogen and oxygen atoms in total. The third kappa shape index (κ3) is 3.75. The SMILES string of the molecule is Nc1cccc(CN(CCO)CCO)c1Br. The summed E-state index contributed by atoms with van der Waals surface area (Å²) in [5.74, 6) is 0. The van der Waals surface area contributed by atoms with Gasteiger partial charge in [-0.05, 0) is 27.6 Å². The molecule has 16 heavy (non-hydrogen) atoms. The minimum absolute atomic E-state index is 0.0833. The zero-order valence-electron chi connectivity index (χ0n) is 9.06. The maximum Gasteiger partial charge on any atom is 0.0558 e. The quantitative estimate of drug-likeness (QED) is 0.678. The van der Waals surface area contributed by atoms with Gasteiger partial charge in [-0.25, -0.2) is 0 Å². The van der Waals surface area contributed by atoms with Crippen LogP contribution in [0.2, 0.25) is 0 Å². The molecule has 0 heterocycles. The van der Waals surface area contributed by atoms with Crippen molar-refractivity contribution in [3.63, 3.8) is 0 Å². The van der Waals surface area contributed by atoms with Crippen molar-refractivity contribution in [3.05, 3.63) is 28.2 Å². The lowest BCUT2D eigenvalue weighted by Crippen LogP contribution is -2.29. The molecule has 0 aliphatic carbocycles. The zero-order chi connectivity index (χ0) is 12.0. The maximum atomic E-state index is 8.91. The van der Waals surface area contributed by atoms with Crippen LogP contribution in [0.4, 0.5) is 5.69 Å². The van der Waals surface area contributed by atoms with E-state index in [4.69, 9.17) is 15.9 Å². The minimum Gasteiger partial charge on any atom is -0.398 e. The summed E-state index contributed by atoms with van der Waals surface area (Å²) in [6, 6.07) is 5.70. The fourth-order valence-corrected chi connectivity index (χ4v) is 1.91. The number of anilines is 1. The van der Waals surface area contributed by atoms with E-state index in [-0.39, 0.29) is 13.2 Å². The summed E-state index contributed by atoms with van der Waals surface area (Å²) in [5.41, 5.74) is 7.54. The Morgan fingerprint density at radius 3 is 2.38 bits per heavy atom. The molecule has 1 aromatic rings. The fraction of sp³-hybridized carbons (Fsp3) is 0.455. The van der Waals surface area contributed by atoms with Gasteiger partial charge < -0.3 is 15.9 Å². The monoisotopic (exact) mass is 288 g/mol. The third-order valence-electron chi connectivity index (χ3n) is 2.33. The van der Waals surface area contributed by atoms with Gasteiger partial charge in [0, 0.05) is 29.8 Å². The van der Waals surface area contributed by atoms with Gasteiger partial charge in [0.15, 0.2) is 0 Å². The van der Waals surface area contributed by atoms with Gasteiger partial charge in [-0.3, -0.25) is 4.90 Å². The predicted molar refractivity (Wildman–Crippen MR) is 68.0 cm³/mol. The third-order valence-corrected chi connectivity index (χ3v) is 3.30. The van der Waals surface area contributed by atoms with Crippen molar-refractivity contribution in [1.29, 1.82) is 0 Å². The summed E-state index contributed by atoms with van der Waals surface area (Å²) in [4.78, 5) is 1.97. The van der Waals surface area contributed by atoms with E-state index < -0.39 is 0 Å². The molecule has 90 valence electrons. The van der Waals surface area contributed by atoms with E-state index in [2.05, 4.69) is 15.9 Å². The number of aliphatic hydroxyl groups is 2. The van der Waals surface area contributed by atoms with Crippen molar-refractivity contribution >= 4 is 21.6 Å². The molecule has 0 aliphatic heterocycles. The highest BCUT2D eigenvalue weighted by molar-refractivity contribution is 9.10. The Morgan fingerprint density at radius 1 is 1.19 bits per heavy atom. The van der Waals surface area contributed by atoms with E-state index in [9.17, 15) is 0 Å². The normalized spacial score (nSPS) is 11.0. The molecule has 1 aromatic carbocycles. The highest BCUT2D eigenvalue weighted by atomic mass is 79.9. The lowest BCUT2D eigenvalue weighted by molar-refractivity contribution is 0.155. The molecule has 0 aromatic heterocycles. The smallest absolute Gasteiger partial charge is 0.0558 e. The number of hydrogen-bond donors (Lipinski definition) is 3. The Kier molecular flexibility index (Phi) is 5.76.